The van der Waals surface area contributed by atoms with E-state index in [4.69, 9.17) is 4.74 Å². The maximum atomic E-state index is 5.68. The van der Waals surface area contributed by atoms with Crippen molar-refractivity contribution in [3.8, 4) is 11.6 Å². The smallest absolute Gasteiger partial charge is 0.238 e. The molecule has 0 saturated heterocycles. The van der Waals surface area contributed by atoms with Gasteiger partial charge in [-0.05, 0) is 58.1 Å². The van der Waals surface area contributed by atoms with Gasteiger partial charge in [-0.1, -0.05) is 12.1 Å². The highest BCUT2D eigenvalue weighted by Crippen LogP contribution is 2.19. The zero-order valence-corrected chi connectivity index (χ0v) is 12.3. The molecule has 0 fully saturated rings. The van der Waals surface area contributed by atoms with Crippen LogP contribution < -0.4 is 4.74 Å². The number of ether oxygens (including phenoxy) is 1. The molecule has 20 heavy (non-hydrogen) atoms. The predicted octanol–water partition coefficient (Wildman–Crippen LogP) is 3.07. The molecule has 2 aromatic rings. The standard InChI is InChI=1S/C16H21N3O/c1-13-11-17-12-16(18-13)20-15-8-6-14(7-9-15)5-4-10-19(2)3/h6-9,11-12H,4-5,10H2,1-3H3. The minimum Gasteiger partial charge on any atom is -0.437 e. The topological polar surface area (TPSA) is 38.2 Å². The molecule has 0 spiro atoms. The first-order valence-corrected chi connectivity index (χ1v) is 6.83. The van der Waals surface area contributed by atoms with Crippen molar-refractivity contribution in [3.05, 3.63) is 47.9 Å². The molecule has 4 heteroatoms. The van der Waals surface area contributed by atoms with Gasteiger partial charge in [-0.15, -0.1) is 0 Å². The largest absolute Gasteiger partial charge is 0.437 e. The van der Waals surface area contributed by atoms with E-state index >= 15 is 0 Å². The summed E-state index contributed by atoms with van der Waals surface area (Å²) in [5.41, 5.74) is 2.18. The van der Waals surface area contributed by atoms with E-state index in [2.05, 4.69) is 41.1 Å². The molecule has 0 N–H and O–H groups in total. The number of hydrogen-bond acceptors (Lipinski definition) is 4. The SMILES string of the molecule is Cc1cncc(Oc2ccc(CCCN(C)C)cc2)n1. The Kier molecular flexibility index (Phi) is 5.07. The number of hydrogen-bond donors (Lipinski definition) is 0. The fraction of sp³-hybridized carbons (Fsp3) is 0.375. The van der Waals surface area contributed by atoms with Crippen LogP contribution in [0.4, 0.5) is 0 Å². The van der Waals surface area contributed by atoms with Crippen LogP contribution in [0.5, 0.6) is 11.6 Å². The Balaban J connectivity index is 1.91. The summed E-state index contributed by atoms with van der Waals surface area (Å²) in [7, 11) is 4.19. The Morgan fingerprint density at radius 1 is 1.10 bits per heavy atom. The van der Waals surface area contributed by atoms with E-state index < -0.39 is 0 Å². The van der Waals surface area contributed by atoms with E-state index in [9.17, 15) is 0 Å². The van der Waals surface area contributed by atoms with Gasteiger partial charge >= 0.3 is 0 Å². The number of nitrogens with zero attached hydrogens (tertiary/aromatic N) is 3. The van der Waals surface area contributed by atoms with Crippen LogP contribution in [0.25, 0.3) is 0 Å². The number of benzene rings is 1. The van der Waals surface area contributed by atoms with Crippen molar-refractivity contribution >= 4 is 0 Å². The molecule has 0 bridgehead atoms. The normalized spacial score (nSPS) is 10.8. The molecule has 106 valence electrons. The molecule has 0 aliphatic rings. The Morgan fingerprint density at radius 2 is 1.85 bits per heavy atom. The molecule has 0 aliphatic heterocycles. The molecule has 1 aromatic carbocycles. The van der Waals surface area contributed by atoms with Gasteiger partial charge in [-0.25, -0.2) is 4.98 Å². The fourth-order valence-electron chi connectivity index (χ4n) is 1.93. The van der Waals surface area contributed by atoms with Crippen LogP contribution in [-0.4, -0.2) is 35.5 Å². The van der Waals surface area contributed by atoms with Crippen molar-refractivity contribution in [2.24, 2.45) is 0 Å². The number of rotatable bonds is 6. The van der Waals surface area contributed by atoms with Gasteiger partial charge in [0.2, 0.25) is 5.88 Å². The Hall–Kier alpha value is -1.94. The van der Waals surface area contributed by atoms with E-state index in [1.165, 1.54) is 5.56 Å². The van der Waals surface area contributed by atoms with Crippen LogP contribution in [0, 0.1) is 6.92 Å². The van der Waals surface area contributed by atoms with Crippen molar-refractivity contribution in [2.45, 2.75) is 19.8 Å². The third-order valence-electron chi connectivity index (χ3n) is 2.95. The van der Waals surface area contributed by atoms with Gasteiger partial charge in [0.15, 0.2) is 0 Å². The minimum atomic E-state index is 0.533. The van der Waals surface area contributed by atoms with Crippen LogP contribution in [0.1, 0.15) is 17.7 Å². The predicted molar refractivity (Wildman–Crippen MR) is 80.2 cm³/mol. The molecule has 0 atom stereocenters. The molecule has 2 rings (SSSR count). The zero-order chi connectivity index (χ0) is 14.4. The molecule has 1 aromatic heterocycles. The Bertz CT molecular complexity index is 538. The second-order valence-corrected chi connectivity index (χ2v) is 5.15. The quantitative estimate of drug-likeness (QED) is 0.809. The van der Waals surface area contributed by atoms with Crippen LogP contribution in [-0.2, 0) is 6.42 Å². The summed E-state index contributed by atoms with van der Waals surface area (Å²) in [5.74, 6) is 1.33. The lowest BCUT2D eigenvalue weighted by molar-refractivity contribution is 0.400. The van der Waals surface area contributed by atoms with Gasteiger partial charge < -0.3 is 9.64 Å². The first-order chi connectivity index (χ1) is 9.63. The molecule has 4 nitrogen and oxygen atoms in total. The maximum Gasteiger partial charge on any atom is 0.238 e. The van der Waals surface area contributed by atoms with E-state index in [0.717, 1.165) is 30.8 Å². The van der Waals surface area contributed by atoms with Crippen molar-refractivity contribution in [3.63, 3.8) is 0 Å². The summed E-state index contributed by atoms with van der Waals surface area (Å²) in [6, 6.07) is 8.17. The lowest BCUT2D eigenvalue weighted by atomic mass is 10.1. The van der Waals surface area contributed by atoms with Crippen molar-refractivity contribution in [1.82, 2.24) is 14.9 Å². The summed E-state index contributed by atoms with van der Waals surface area (Å²) in [6.07, 6.45) is 5.58. The Labute approximate surface area is 120 Å². The molecular formula is C16H21N3O. The molecule has 0 radical (unpaired) electrons. The first kappa shape index (κ1) is 14.5. The van der Waals surface area contributed by atoms with Gasteiger partial charge in [0.25, 0.3) is 0 Å². The van der Waals surface area contributed by atoms with Crippen molar-refractivity contribution in [2.75, 3.05) is 20.6 Å². The van der Waals surface area contributed by atoms with Gasteiger partial charge in [-0.3, -0.25) is 4.98 Å². The summed E-state index contributed by atoms with van der Waals surface area (Å²) in [5, 5.41) is 0. The van der Waals surface area contributed by atoms with Gasteiger partial charge in [0.1, 0.15) is 5.75 Å². The van der Waals surface area contributed by atoms with E-state index in [1.807, 2.05) is 19.1 Å². The van der Waals surface area contributed by atoms with Gasteiger partial charge in [0.05, 0.1) is 11.9 Å². The summed E-state index contributed by atoms with van der Waals surface area (Å²) in [6.45, 7) is 3.00. The van der Waals surface area contributed by atoms with E-state index in [0.29, 0.717) is 5.88 Å². The second-order valence-electron chi connectivity index (χ2n) is 5.15. The lowest BCUT2D eigenvalue weighted by Gasteiger charge is -2.09. The monoisotopic (exact) mass is 271 g/mol. The molecule has 0 unspecified atom stereocenters. The third-order valence-corrected chi connectivity index (χ3v) is 2.95. The molecule has 0 saturated carbocycles. The molecular weight excluding hydrogens is 250 g/mol. The highest BCUT2D eigenvalue weighted by atomic mass is 16.5. The van der Waals surface area contributed by atoms with Crippen molar-refractivity contribution in [1.29, 1.82) is 0 Å². The first-order valence-electron chi connectivity index (χ1n) is 6.83. The highest BCUT2D eigenvalue weighted by Gasteiger charge is 2.00. The molecule has 1 heterocycles. The minimum absolute atomic E-state index is 0.533. The zero-order valence-electron chi connectivity index (χ0n) is 12.3. The van der Waals surface area contributed by atoms with Crippen LogP contribution in [0.15, 0.2) is 36.7 Å². The van der Waals surface area contributed by atoms with Crippen molar-refractivity contribution < 1.29 is 4.74 Å². The number of aromatic nitrogens is 2. The summed E-state index contributed by atoms with van der Waals surface area (Å²) >= 11 is 0. The lowest BCUT2D eigenvalue weighted by Crippen LogP contribution is -2.13. The fourth-order valence-corrected chi connectivity index (χ4v) is 1.93. The summed E-state index contributed by atoms with van der Waals surface area (Å²) < 4.78 is 5.68. The highest BCUT2D eigenvalue weighted by molar-refractivity contribution is 5.30. The number of aryl methyl sites for hydroxylation is 2. The molecule has 0 aliphatic carbocycles. The van der Waals surface area contributed by atoms with E-state index in [1.54, 1.807) is 12.4 Å². The van der Waals surface area contributed by atoms with E-state index in [-0.39, 0.29) is 0 Å². The van der Waals surface area contributed by atoms with Gasteiger partial charge in [-0.2, -0.15) is 0 Å². The third kappa shape index (κ3) is 4.63. The second kappa shape index (κ2) is 7.01. The maximum absolute atomic E-state index is 5.68. The average Bonchev–Trinajstić information content (AvgIpc) is 2.40. The Morgan fingerprint density at radius 3 is 2.50 bits per heavy atom. The average molecular weight is 271 g/mol. The molecule has 0 amide bonds. The van der Waals surface area contributed by atoms with Crippen LogP contribution >= 0.6 is 0 Å². The van der Waals surface area contributed by atoms with Crippen LogP contribution in [0.3, 0.4) is 0 Å². The van der Waals surface area contributed by atoms with Gasteiger partial charge in [0, 0.05) is 6.20 Å². The van der Waals surface area contributed by atoms with Crippen LogP contribution in [0.2, 0.25) is 0 Å². The summed E-state index contributed by atoms with van der Waals surface area (Å²) in [4.78, 5) is 10.5.